The standard InChI is InChI=1S/C15H21NO3S/c1-13(2)10-11-16-20(18,19)15-9-4-3-7-14(15)8-5-6-12-17/h3-4,7,9,13,16-17H,6,10-12H2,1-2H3. The average Bonchev–Trinajstić information content (AvgIpc) is 2.39. The van der Waals surface area contributed by atoms with Crippen molar-refractivity contribution in [3.63, 3.8) is 0 Å². The summed E-state index contributed by atoms with van der Waals surface area (Å²) in [7, 11) is -3.54. The van der Waals surface area contributed by atoms with Crippen LogP contribution >= 0.6 is 0 Å². The Hall–Kier alpha value is -1.35. The minimum Gasteiger partial charge on any atom is -0.395 e. The van der Waals surface area contributed by atoms with Gasteiger partial charge in [0.15, 0.2) is 0 Å². The van der Waals surface area contributed by atoms with Gasteiger partial charge in [-0.25, -0.2) is 13.1 Å². The fraction of sp³-hybridized carbons (Fsp3) is 0.467. The maximum Gasteiger partial charge on any atom is 0.241 e. The molecule has 4 nitrogen and oxygen atoms in total. The van der Waals surface area contributed by atoms with Crippen LogP contribution in [-0.2, 0) is 10.0 Å². The summed E-state index contributed by atoms with van der Waals surface area (Å²) in [4.78, 5) is 0.189. The largest absolute Gasteiger partial charge is 0.395 e. The van der Waals surface area contributed by atoms with Crippen LogP contribution in [0, 0.1) is 17.8 Å². The number of aliphatic hydroxyl groups is 1. The highest BCUT2D eigenvalue weighted by Gasteiger charge is 2.16. The Bertz CT molecular complexity index is 583. The smallest absolute Gasteiger partial charge is 0.241 e. The van der Waals surface area contributed by atoms with Gasteiger partial charge in [0.25, 0.3) is 0 Å². The van der Waals surface area contributed by atoms with Gasteiger partial charge in [0.1, 0.15) is 0 Å². The molecule has 0 spiro atoms. The summed E-state index contributed by atoms with van der Waals surface area (Å²) < 4.78 is 27.1. The van der Waals surface area contributed by atoms with Crippen molar-refractivity contribution in [1.29, 1.82) is 0 Å². The lowest BCUT2D eigenvalue weighted by atomic mass is 10.1. The molecule has 0 amide bonds. The number of nitrogens with one attached hydrogen (secondary N) is 1. The second-order valence-electron chi connectivity index (χ2n) is 4.85. The Balaban J connectivity index is 2.92. The molecule has 0 unspecified atom stereocenters. The van der Waals surface area contributed by atoms with Crippen molar-refractivity contribution in [2.75, 3.05) is 13.2 Å². The van der Waals surface area contributed by atoms with Gasteiger partial charge in [-0.05, 0) is 24.5 Å². The van der Waals surface area contributed by atoms with Gasteiger partial charge in [-0.1, -0.05) is 37.8 Å². The SMILES string of the molecule is CC(C)CCNS(=O)(=O)c1ccccc1C#CCCO. The first-order chi connectivity index (χ1) is 9.47. The molecule has 0 saturated heterocycles. The number of sulfonamides is 1. The molecule has 110 valence electrons. The van der Waals surface area contributed by atoms with E-state index in [0.29, 0.717) is 24.4 Å². The molecular formula is C15H21NO3S. The maximum atomic E-state index is 12.2. The predicted octanol–water partition coefficient (Wildman–Crippen LogP) is 1.74. The van der Waals surface area contributed by atoms with Crippen molar-refractivity contribution in [2.45, 2.75) is 31.6 Å². The molecule has 2 N–H and O–H groups in total. The second kappa shape index (κ2) is 8.05. The Kier molecular flexibility index (Phi) is 6.73. The van der Waals surface area contributed by atoms with Crippen LogP contribution in [0.5, 0.6) is 0 Å². The summed E-state index contributed by atoms with van der Waals surface area (Å²) in [5.41, 5.74) is 0.456. The lowest BCUT2D eigenvalue weighted by molar-refractivity contribution is 0.305. The monoisotopic (exact) mass is 295 g/mol. The van der Waals surface area contributed by atoms with E-state index in [4.69, 9.17) is 5.11 Å². The number of benzene rings is 1. The molecule has 1 rings (SSSR count). The van der Waals surface area contributed by atoms with Crippen LogP contribution in [0.1, 0.15) is 32.3 Å². The molecule has 0 saturated carbocycles. The second-order valence-corrected chi connectivity index (χ2v) is 6.59. The fourth-order valence-corrected chi connectivity index (χ4v) is 2.79. The van der Waals surface area contributed by atoms with E-state index in [0.717, 1.165) is 6.42 Å². The third-order valence-electron chi connectivity index (χ3n) is 2.65. The van der Waals surface area contributed by atoms with E-state index in [-0.39, 0.29) is 11.5 Å². The summed E-state index contributed by atoms with van der Waals surface area (Å²) in [6.07, 6.45) is 1.12. The lowest BCUT2D eigenvalue weighted by Gasteiger charge is -2.09. The summed E-state index contributed by atoms with van der Waals surface area (Å²) in [5.74, 6) is 5.98. The quantitative estimate of drug-likeness (QED) is 0.786. The summed E-state index contributed by atoms with van der Waals surface area (Å²) in [5, 5.41) is 8.71. The topological polar surface area (TPSA) is 66.4 Å². The van der Waals surface area contributed by atoms with E-state index in [9.17, 15) is 8.42 Å². The highest BCUT2D eigenvalue weighted by atomic mass is 32.2. The van der Waals surface area contributed by atoms with Gasteiger partial charge in [-0.3, -0.25) is 0 Å². The molecule has 20 heavy (non-hydrogen) atoms. The van der Waals surface area contributed by atoms with Gasteiger partial charge in [0, 0.05) is 18.5 Å². The van der Waals surface area contributed by atoms with Crippen LogP contribution in [-0.4, -0.2) is 26.7 Å². The van der Waals surface area contributed by atoms with Crippen LogP contribution in [0.25, 0.3) is 0 Å². The molecule has 0 aliphatic carbocycles. The number of aliphatic hydroxyl groups excluding tert-OH is 1. The highest BCUT2D eigenvalue weighted by Crippen LogP contribution is 2.14. The highest BCUT2D eigenvalue weighted by molar-refractivity contribution is 7.89. The van der Waals surface area contributed by atoms with Gasteiger partial charge in [0.05, 0.1) is 11.5 Å². The van der Waals surface area contributed by atoms with Crippen molar-refractivity contribution in [3.8, 4) is 11.8 Å². The molecule has 0 bridgehead atoms. The molecule has 0 atom stereocenters. The first-order valence-corrected chi connectivity index (χ1v) is 8.14. The van der Waals surface area contributed by atoms with Crippen molar-refractivity contribution in [2.24, 2.45) is 5.92 Å². The van der Waals surface area contributed by atoms with Gasteiger partial charge >= 0.3 is 0 Å². The third kappa shape index (κ3) is 5.33. The number of hydrogen-bond donors (Lipinski definition) is 2. The first-order valence-electron chi connectivity index (χ1n) is 6.66. The van der Waals surface area contributed by atoms with Crippen molar-refractivity contribution in [1.82, 2.24) is 4.72 Å². The molecule has 0 aliphatic rings. The van der Waals surface area contributed by atoms with E-state index in [1.807, 2.05) is 13.8 Å². The normalized spacial score (nSPS) is 11.2. The Labute approximate surface area is 121 Å². The molecule has 0 fully saturated rings. The van der Waals surface area contributed by atoms with E-state index in [1.165, 1.54) is 0 Å². The van der Waals surface area contributed by atoms with Crippen LogP contribution in [0.3, 0.4) is 0 Å². The minimum absolute atomic E-state index is 0.0332. The lowest BCUT2D eigenvalue weighted by Crippen LogP contribution is -2.26. The molecule has 0 radical (unpaired) electrons. The Morgan fingerprint density at radius 3 is 2.65 bits per heavy atom. The van der Waals surface area contributed by atoms with Crippen molar-refractivity contribution >= 4 is 10.0 Å². The third-order valence-corrected chi connectivity index (χ3v) is 4.17. The zero-order valence-corrected chi connectivity index (χ0v) is 12.7. The van der Waals surface area contributed by atoms with Gasteiger partial charge in [0.2, 0.25) is 10.0 Å². The average molecular weight is 295 g/mol. The van der Waals surface area contributed by atoms with Gasteiger partial charge < -0.3 is 5.11 Å². The first kappa shape index (κ1) is 16.7. The van der Waals surface area contributed by atoms with E-state index >= 15 is 0 Å². The van der Waals surface area contributed by atoms with E-state index in [2.05, 4.69) is 16.6 Å². The van der Waals surface area contributed by atoms with E-state index in [1.54, 1.807) is 24.3 Å². The minimum atomic E-state index is -3.54. The molecule has 5 heteroatoms. The summed E-state index contributed by atoms with van der Waals surface area (Å²) in [6.45, 7) is 4.47. The number of hydrogen-bond acceptors (Lipinski definition) is 3. The van der Waals surface area contributed by atoms with Gasteiger partial charge in [-0.2, -0.15) is 0 Å². The molecule has 0 aliphatic heterocycles. The Morgan fingerprint density at radius 2 is 2.00 bits per heavy atom. The number of rotatable bonds is 6. The van der Waals surface area contributed by atoms with Crippen LogP contribution in [0.15, 0.2) is 29.2 Å². The predicted molar refractivity (Wildman–Crippen MR) is 79.7 cm³/mol. The zero-order valence-electron chi connectivity index (χ0n) is 11.9. The summed E-state index contributed by atoms with van der Waals surface area (Å²) in [6, 6.07) is 6.63. The zero-order chi connectivity index (χ0) is 15.0. The molecular weight excluding hydrogens is 274 g/mol. The summed E-state index contributed by atoms with van der Waals surface area (Å²) >= 11 is 0. The Morgan fingerprint density at radius 1 is 1.30 bits per heavy atom. The fourth-order valence-electron chi connectivity index (χ4n) is 1.58. The van der Waals surface area contributed by atoms with Gasteiger partial charge in [-0.15, -0.1) is 0 Å². The molecule has 1 aromatic carbocycles. The van der Waals surface area contributed by atoms with Crippen LogP contribution in [0.2, 0.25) is 0 Å². The van der Waals surface area contributed by atoms with E-state index < -0.39 is 10.0 Å². The molecule has 1 aromatic rings. The maximum absolute atomic E-state index is 12.2. The van der Waals surface area contributed by atoms with Crippen molar-refractivity contribution < 1.29 is 13.5 Å². The van der Waals surface area contributed by atoms with Crippen LogP contribution < -0.4 is 4.72 Å². The molecule has 0 aromatic heterocycles. The van der Waals surface area contributed by atoms with Crippen molar-refractivity contribution in [3.05, 3.63) is 29.8 Å². The van der Waals surface area contributed by atoms with Crippen LogP contribution in [0.4, 0.5) is 0 Å². The molecule has 0 heterocycles.